The number of nitrogens with one attached hydrogen (secondary N) is 2. The van der Waals surface area contributed by atoms with Gasteiger partial charge in [-0.25, -0.2) is 8.60 Å². The van der Waals surface area contributed by atoms with Crippen molar-refractivity contribution in [3.05, 3.63) is 114 Å². The highest BCUT2D eigenvalue weighted by Crippen LogP contribution is 2.41. The number of anilines is 1. The van der Waals surface area contributed by atoms with Gasteiger partial charge in [-0.3, -0.25) is 13.9 Å². The Labute approximate surface area is 263 Å². The van der Waals surface area contributed by atoms with Crippen LogP contribution in [0.2, 0.25) is 0 Å². The Morgan fingerprint density at radius 1 is 0.933 bits per heavy atom. The largest absolute Gasteiger partial charge is 0.455 e. The van der Waals surface area contributed by atoms with Crippen LogP contribution in [0.4, 0.5) is 10.1 Å². The molecule has 0 aliphatic heterocycles. The molecule has 1 unspecified atom stereocenters. The molecule has 1 heterocycles. The van der Waals surface area contributed by atoms with Gasteiger partial charge in [0.05, 0.1) is 29.9 Å². The molecule has 0 radical (unpaired) electrons. The summed E-state index contributed by atoms with van der Waals surface area (Å²) in [5.41, 5.74) is 3.45. The quantitative estimate of drug-likeness (QED) is 0.175. The van der Waals surface area contributed by atoms with Crippen LogP contribution in [-0.4, -0.2) is 47.6 Å². The van der Waals surface area contributed by atoms with E-state index in [2.05, 4.69) is 10.6 Å². The lowest BCUT2D eigenvalue weighted by molar-refractivity contribution is 0.0910. The Bertz CT molecular complexity index is 1890. The second-order valence-electron chi connectivity index (χ2n) is 11.0. The number of rotatable bonds is 10. The molecule has 232 valence electrons. The number of furan rings is 1. The van der Waals surface area contributed by atoms with E-state index in [1.54, 1.807) is 30.3 Å². The average Bonchev–Trinajstić information content (AvgIpc) is 3.41. The maximum atomic E-state index is 13.7. The van der Waals surface area contributed by atoms with Crippen molar-refractivity contribution in [3.8, 4) is 22.5 Å². The van der Waals surface area contributed by atoms with E-state index in [4.69, 9.17) is 4.42 Å². The molecule has 0 fully saturated rings. The molecule has 1 aromatic heterocycles. The van der Waals surface area contributed by atoms with E-state index >= 15 is 0 Å². The SMILES string of the molecule is CNC(=O)c1c(-c2ccc(F)cc2)oc2cc(N(CCO)S(C)=O)c(-c3cccc(C(=O)NC(C)(C)c4ccccc4)c3)cc12. The van der Waals surface area contributed by atoms with Crippen LogP contribution in [0.25, 0.3) is 33.4 Å². The Balaban J connectivity index is 1.68. The number of aliphatic hydroxyl groups excluding tert-OH is 1. The number of carbonyl (C=O) groups excluding carboxylic acids is 2. The number of amides is 2. The molecule has 0 aliphatic rings. The number of hydrogen-bond acceptors (Lipinski definition) is 5. The van der Waals surface area contributed by atoms with Crippen molar-refractivity contribution >= 4 is 39.5 Å². The van der Waals surface area contributed by atoms with Crippen LogP contribution >= 0.6 is 0 Å². The molecule has 8 nitrogen and oxygen atoms in total. The second kappa shape index (κ2) is 13.1. The summed E-state index contributed by atoms with van der Waals surface area (Å²) in [5, 5.41) is 16.1. The van der Waals surface area contributed by atoms with Gasteiger partial charge in [0.15, 0.2) is 0 Å². The van der Waals surface area contributed by atoms with Gasteiger partial charge in [-0.05, 0) is 67.4 Å². The van der Waals surface area contributed by atoms with Crippen molar-refractivity contribution in [2.75, 3.05) is 30.8 Å². The minimum atomic E-state index is -1.55. The smallest absolute Gasteiger partial charge is 0.255 e. The van der Waals surface area contributed by atoms with E-state index in [0.29, 0.717) is 38.9 Å². The van der Waals surface area contributed by atoms with Crippen LogP contribution in [0.15, 0.2) is 95.4 Å². The lowest BCUT2D eigenvalue weighted by Crippen LogP contribution is -2.40. The number of nitrogens with zero attached hydrogens (tertiary/aromatic N) is 1. The first-order valence-electron chi connectivity index (χ1n) is 14.3. The zero-order valence-electron chi connectivity index (χ0n) is 25.4. The third-order valence-corrected chi connectivity index (χ3v) is 8.61. The molecule has 0 bridgehead atoms. The van der Waals surface area contributed by atoms with Crippen molar-refractivity contribution in [2.45, 2.75) is 19.4 Å². The number of aliphatic hydroxyl groups is 1. The maximum absolute atomic E-state index is 13.7. The normalized spacial score (nSPS) is 12.1. The van der Waals surface area contributed by atoms with Gasteiger partial charge in [0.25, 0.3) is 11.8 Å². The molecule has 5 aromatic rings. The fourth-order valence-electron chi connectivity index (χ4n) is 5.31. The van der Waals surface area contributed by atoms with Crippen LogP contribution in [-0.2, 0) is 16.5 Å². The minimum Gasteiger partial charge on any atom is -0.455 e. The highest BCUT2D eigenvalue weighted by atomic mass is 32.2. The molecule has 4 aromatic carbocycles. The summed E-state index contributed by atoms with van der Waals surface area (Å²) in [5.74, 6) is -0.876. The van der Waals surface area contributed by atoms with E-state index < -0.39 is 28.2 Å². The molecule has 0 aliphatic carbocycles. The van der Waals surface area contributed by atoms with E-state index in [1.165, 1.54) is 41.9 Å². The summed E-state index contributed by atoms with van der Waals surface area (Å²) in [7, 11) is -0.0390. The van der Waals surface area contributed by atoms with Crippen LogP contribution in [0.5, 0.6) is 0 Å². The van der Waals surface area contributed by atoms with Gasteiger partial charge in [-0.1, -0.05) is 42.5 Å². The topological polar surface area (TPSA) is 112 Å². The maximum Gasteiger partial charge on any atom is 0.255 e. The van der Waals surface area contributed by atoms with Gasteiger partial charge in [0.2, 0.25) is 0 Å². The Morgan fingerprint density at radius 3 is 2.29 bits per heavy atom. The van der Waals surface area contributed by atoms with Gasteiger partial charge >= 0.3 is 0 Å². The van der Waals surface area contributed by atoms with Gasteiger partial charge in [0, 0.05) is 41.4 Å². The first-order valence-corrected chi connectivity index (χ1v) is 15.8. The van der Waals surface area contributed by atoms with Gasteiger partial charge in [-0.2, -0.15) is 0 Å². The lowest BCUT2D eigenvalue weighted by atomic mass is 9.93. The van der Waals surface area contributed by atoms with E-state index in [-0.39, 0.29) is 30.4 Å². The monoisotopic (exact) mass is 627 g/mol. The van der Waals surface area contributed by atoms with E-state index in [0.717, 1.165) is 5.56 Å². The van der Waals surface area contributed by atoms with Gasteiger partial charge in [-0.15, -0.1) is 0 Å². The highest BCUT2D eigenvalue weighted by molar-refractivity contribution is 7.85. The minimum absolute atomic E-state index is 0.0564. The Morgan fingerprint density at radius 2 is 1.64 bits per heavy atom. The lowest BCUT2D eigenvalue weighted by Gasteiger charge is -2.27. The van der Waals surface area contributed by atoms with Crippen molar-refractivity contribution in [1.29, 1.82) is 0 Å². The fourth-order valence-corrected chi connectivity index (χ4v) is 6.08. The summed E-state index contributed by atoms with van der Waals surface area (Å²) in [6.07, 6.45) is 1.50. The zero-order valence-corrected chi connectivity index (χ0v) is 26.2. The number of fused-ring (bicyclic) bond motifs is 1. The molecule has 10 heteroatoms. The standard InChI is InChI=1S/C35H34FN3O5S/c1-35(2,25-11-6-5-7-12-25)38-33(41)24-10-8-9-23(19-24)27-20-28-30(21-29(27)39(17-18-40)45(4)43)44-32(31(28)34(42)37-3)22-13-15-26(36)16-14-22/h5-16,19-21,40H,17-18H2,1-4H3,(H,37,42)(H,38,41). The number of carbonyl (C=O) groups is 2. The van der Waals surface area contributed by atoms with E-state index in [1.807, 2.05) is 50.2 Å². The highest BCUT2D eigenvalue weighted by Gasteiger charge is 2.27. The second-order valence-corrected chi connectivity index (χ2v) is 12.3. The summed E-state index contributed by atoms with van der Waals surface area (Å²) in [6.45, 7) is 3.65. The number of benzene rings is 4. The number of hydrogen-bond donors (Lipinski definition) is 3. The molecular weight excluding hydrogens is 593 g/mol. The molecule has 1 atom stereocenters. The average molecular weight is 628 g/mol. The summed E-state index contributed by atoms with van der Waals surface area (Å²) >= 11 is 0. The molecule has 5 rings (SSSR count). The molecule has 0 saturated carbocycles. The summed E-state index contributed by atoms with van der Waals surface area (Å²) < 4.78 is 34.4. The third-order valence-electron chi connectivity index (χ3n) is 7.61. The summed E-state index contributed by atoms with van der Waals surface area (Å²) in [4.78, 5) is 26.8. The van der Waals surface area contributed by atoms with Gasteiger partial charge in [0.1, 0.15) is 28.1 Å². The first kappa shape index (κ1) is 31.6. The van der Waals surface area contributed by atoms with E-state index in [9.17, 15) is 23.3 Å². The molecule has 45 heavy (non-hydrogen) atoms. The fraction of sp³-hybridized carbons (Fsp3) is 0.200. The molecule has 0 saturated heterocycles. The Kier molecular flexibility index (Phi) is 9.17. The predicted molar refractivity (Wildman–Crippen MR) is 176 cm³/mol. The van der Waals surface area contributed by atoms with Crippen molar-refractivity contribution in [1.82, 2.24) is 10.6 Å². The number of halogens is 1. The third kappa shape index (κ3) is 6.52. The first-order chi connectivity index (χ1) is 21.5. The zero-order chi connectivity index (χ0) is 32.3. The predicted octanol–water partition coefficient (Wildman–Crippen LogP) is 6.02. The molecule has 3 N–H and O–H groups in total. The van der Waals surface area contributed by atoms with Crippen molar-refractivity contribution in [3.63, 3.8) is 0 Å². The van der Waals surface area contributed by atoms with Crippen molar-refractivity contribution < 1.29 is 27.7 Å². The van der Waals surface area contributed by atoms with Gasteiger partial charge < -0.3 is 20.2 Å². The van der Waals surface area contributed by atoms with Crippen LogP contribution in [0.3, 0.4) is 0 Å². The molecule has 0 spiro atoms. The Hall–Kier alpha value is -4.80. The summed E-state index contributed by atoms with van der Waals surface area (Å²) in [6, 6.07) is 25.7. The van der Waals surface area contributed by atoms with Crippen molar-refractivity contribution in [2.24, 2.45) is 0 Å². The molecular formula is C35H34FN3O5S. The van der Waals surface area contributed by atoms with Crippen LogP contribution < -0.4 is 14.9 Å². The van der Waals surface area contributed by atoms with Crippen LogP contribution in [0, 0.1) is 5.82 Å². The molecule has 2 amide bonds. The van der Waals surface area contributed by atoms with Crippen LogP contribution in [0.1, 0.15) is 40.1 Å².